The smallest absolute Gasteiger partial charge is 0.156 e. The molecule has 0 amide bonds. The molecule has 2 heterocycles. The molecular formula is C104H169BN2. The van der Waals surface area contributed by atoms with Crippen LogP contribution in [0.3, 0.4) is 0 Å². The van der Waals surface area contributed by atoms with Crippen molar-refractivity contribution in [3.05, 3.63) is 0 Å². The standard InChI is InChI=1S/C104H169BN2/c1-104(2,3)78-52-48-64(49-53-78)77-62-95-101-96(63-77)107(103-81(67-28-12-6-13-29-67)40-23-41-82(103)68-30-14-7-15-31-68)94-55-51-72(76-57-74-37-21-45-86-84-43-17-33-70-35-19-47-88(98(70)84)90(59-76)100(74)86)61-92(94)105(101)91-60-71(75-56-73-36-20-44-85-83-42-16-32-69-34-18-46-87(97(69)83)89(58-75)99(73)85)50-54-93(91)106(95)102-79(65-24-8-4-9-25-65)38-22-39-80(102)66-26-10-5-11-27-66/h64-103H,4-63H2,1-3H3. The highest BCUT2D eigenvalue weighted by Crippen LogP contribution is 2.73. The molecule has 2 nitrogen and oxygen atoms in total. The fraction of sp³-hybridized carbons (Fsp3) is 1.00. The van der Waals surface area contributed by atoms with E-state index in [0.29, 0.717) is 5.41 Å². The van der Waals surface area contributed by atoms with Crippen molar-refractivity contribution in [1.82, 2.24) is 9.80 Å². The van der Waals surface area contributed by atoms with Crippen LogP contribution in [0.25, 0.3) is 0 Å². The van der Waals surface area contributed by atoms with Gasteiger partial charge in [-0.25, -0.2) is 0 Å². The summed E-state index contributed by atoms with van der Waals surface area (Å²) in [6.07, 6.45) is 97.1. The lowest BCUT2D eigenvalue weighted by Crippen LogP contribution is -2.77. The molecule has 598 valence electrons. The first-order valence-corrected chi connectivity index (χ1v) is 52.3. The number of nitrogens with zero attached hydrogens (tertiary/aromatic N) is 2. The predicted molar refractivity (Wildman–Crippen MR) is 448 cm³/mol. The van der Waals surface area contributed by atoms with Gasteiger partial charge in [-0.15, -0.1) is 0 Å². The van der Waals surface area contributed by atoms with Gasteiger partial charge >= 0.3 is 0 Å². The lowest BCUT2D eigenvalue weighted by Gasteiger charge is -2.72. The molecule has 0 N–H and O–H groups in total. The van der Waals surface area contributed by atoms with E-state index in [1.165, 1.54) is 0 Å². The average Bonchev–Trinajstić information content (AvgIpc) is 0.688. The molecule has 0 bridgehead atoms. The minimum atomic E-state index is 0.461. The molecule has 20 aliphatic carbocycles. The van der Waals surface area contributed by atoms with Crippen LogP contribution >= 0.6 is 0 Å². The highest BCUT2D eigenvalue weighted by atomic mass is 15.3. The fourth-order valence-corrected chi connectivity index (χ4v) is 41.7. The zero-order valence-corrected chi connectivity index (χ0v) is 70.5. The molecule has 0 aromatic heterocycles. The molecule has 0 spiro atoms. The SMILES string of the molecule is CC(C)(C)C1CCC(C2CC3C4B(C5CC(C6CC7CCCC8C9CCCC%10CCCC(C(C6)C78)C%109)CCC5N3C3C(C5CCCCC5)CCCC3C3CCCCC3)C3CC(C5CC6CCCC7C8CCCC9CCCC(C(C5)C67)C98)CCC3N(C3C(C5CCCCC5)CCCC3C3CCCCC3)C4C2)CC1. The molecule has 0 radical (unpaired) electrons. The van der Waals surface area contributed by atoms with Crippen LogP contribution in [0.4, 0.5) is 0 Å². The van der Waals surface area contributed by atoms with Crippen molar-refractivity contribution in [3.63, 3.8) is 0 Å². The Bertz CT molecular complexity index is 2720. The minimum absolute atomic E-state index is 0.461. The van der Waals surface area contributed by atoms with Gasteiger partial charge in [0.15, 0.2) is 6.71 Å². The molecule has 107 heavy (non-hydrogen) atoms. The maximum atomic E-state index is 4.02. The monoisotopic (exact) mass is 1460 g/mol. The van der Waals surface area contributed by atoms with Crippen molar-refractivity contribution in [2.24, 2.45) is 189 Å². The topological polar surface area (TPSA) is 6.48 Å². The second kappa shape index (κ2) is 30.7. The number of hydrogen-bond donors (Lipinski definition) is 0. The van der Waals surface area contributed by atoms with Gasteiger partial charge < -0.3 is 0 Å². The molecule has 3 heteroatoms. The van der Waals surface area contributed by atoms with Crippen molar-refractivity contribution in [1.29, 1.82) is 0 Å². The van der Waals surface area contributed by atoms with Gasteiger partial charge in [-0.3, -0.25) is 9.80 Å². The van der Waals surface area contributed by atoms with E-state index >= 15 is 0 Å². The van der Waals surface area contributed by atoms with Crippen molar-refractivity contribution in [2.45, 2.75) is 460 Å². The molecule has 20 saturated carbocycles. The largest absolute Gasteiger partial charge is 0.295 e. The molecule has 0 aromatic carbocycles. The zero-order valence-electron chi connectivity index (χ0n) is 70.5. The van der Waals surface area contributed by atoms with Gasteiger partial charge in [0.05, 0.1) is 0 Å². The molecular weight excluding hydrogens is 1290 g/mol. The first kappa shape index (κ1) is 73.4. The summed E-state index contributed by atoms with van der Waals surface area (Å²) in [5.74, 6) is 36.0. The summed E-state index contributed by atoms with van der Waals surface area (Å²) in [7, 11) is 0. The summed E-state index contributed by atoms with van der Waals surface area (Å²) in [5.41, 5.74) is 0.461. The highest BCUT2D eigenvalue weighted by molar-refractivity contribution is 6.65. The van der Waals surface area contributed by atoms with Gasteiger partial charge in [0.2, 0.25) is 0 Å². The van der Waals surface area contributed by atoms with Crippen LogP contribution in [0.1, 0.15) is 406 Å². The quantitative estimate of drug-likeness (QED) is 0.212. The molecule has 2 saturated heterocycles. The third-order valence-electron chi connectivity index (χ3n) is 44.7. The van der Waals surface area contributed by atoms with Crippen molar-refractivity contribution in [2.75, 3.05) is 0 Å². The maximum absolute atomic E-state index is 4.02. The van der Waals surface area contributed by atoms with Crippen LogP contribution in [0, 0.1) is 189 Å². The fourth-order valence-electron chi connectivity index (χ4n) is 41.7. The van der Waals surface area contributed by atoms with E-state index in [0.717, 1.165) is 244 Å². The molecule has 22 fully saturated rings. The van der Waals surface area contributed by atoms with Gasteiger partial charge in [0, 0.05) is 36.3 Å². The summed E-state index contributed by atoms with van der Waals surface area (Å²) >= 11 is 0. The minimum Gasteiger partial charge on any atom is -0.295 e. The molecule has 2 aliphatic heterocycles. The summed E-state index contributed by atoms with van der Waals surface area (Å²) < 4.78 is 0. The first-order valence-electron chi connectivity index (χ1n) is 52.3. The third kappa shape index (κ3) is 12.9. The molecule has 30 unspecified atom stereocenters. The zero-order chi connectivity index (χ0) is 70.8. The maximum Gasteiger partial charge on any atom is 0.156 e. The Morgan fingerprint density at radius 1 is 0.196 bits per heavy atom. The van der Waals surface area contributed by atoms with Crippen LogP contribution in [0.15, 0.2) is 0 Å². The van der Waals surface area contributed by atoms with Crippen LogP contribution < -0.4 is 0 Å². The van der Waals surface area contributed by atoms with E-state index in [9.17, 15) is 0 Å². The van der Waals surface area contributed by atoms with Gasteiger partial charge in [-0.1, -0.05) is 252 Å². The van der Waals surface area contributed by atoms with Gasteiger partial charge in [0.25, 0.3) is 0 Å². The number of fused-ring (bicyclic) bond motifs is 8. The van der Waals surface area contributed by atoms with Crippen molar-refractivity contribution < 1.29 is 0 Å². The van der Waals surface area contributed by atoms with E-state index < -0.39 is 0 Å². The van der Waals surface area contributed by atoms with Crippen molar-refractivity contribution in [3.8, 4) is 0 Å². The van der Waals surface area contributed by atoms with E-state index in [2.05, 4.69) is 30.6 Å². The van der Waals surface area contributed by atoms with E-state index in [1.54, 1.807) is 385 Å². The molecule has 0 aromatic rings. The third-order valence-corrected chi connectivity index (χ3v) is 44.7. The lowest BCUT2D eigenvalue weighted by atomic mass is 9.17. The Kier molecular flexibility index (Phi) is 21.1. The van der Waals surface area contributed by atoms with E-state index in [1.807, 2.05) is 0 Å². The Morgan fingerprint density at radius 2 is 0.486 bits per heavy atom. The van der Waals surface area contributed by atoms with Gasteiger partial charge in [-0.2, -0.15) is 0 Å². The second-order valence-electron chi connectivity index (χ2n) is 48.8. The molecule has 22 rings (SSSR count). The van der Waals surface area contributed by atoms with E-state index in [-0.39, 0.29) is 0 Å². The highest BCUT2D eigenvalue weighted by Gasteiger charge is 2.70. The van der Waals surface area contributed by atoms with E-state index in [4.69, 9.17) is 0 Å². The molecule has 30 atom stereocenters. The normalized spacial score (nSPS) is 53.7. The predicted octanol–water partition coefficient (Wildman–Crippen LogP) is 28.3. The number of rotatable bonds is 9. The van der Waals surface area contributed by atoms with Crippen LogP contribution in [-0.4, -0.2) is 52.8 Å². The average molecular weight is 1460 g/mol. The van der Waals surface area contributed by atoms with Crippen LogP contribution in [0.2, 0.25) is 17.5 Å². The Hall–Kier alpha value is -0.0151. The summed E-state index contributed by atoms with van der Waals surface area (Å²) in [6, 6.07) is 5.34. The summed E-state index contributed by atoms with van der Waals surface area (Å²) in [4.78, 5) is 8.04. The van der Waals surface area contributed by atoms with Gasteiger partial charge in [0.1, 0.15) is 0 Å². The summed E-state index contributed by atoms with van der Waals surface area (Å²) in [5, 5.41) is 0. The lowest BCUT2D eigenvalue weighted by molar-refractivity contribution is -0.155. The Morgan fingerprint density at radius 3 is 0.841 bits per heavy atom. The Labute approximate surface area is 661 Å². The molecule has 22 aliphatic rings. The summed E-state index contributed by atoms with van der Waals surface area (Å²) in [6.45, 7) is 9.01. The second-order valence-corrected chi connectivity index (χ2v) is 48.8. The van der Waals surface area contributed by atoms with Crippen LogP contribution in [-0.2, 0) is 0 Å². The van der Waals surface area contributed by atoms with Gasteiger partial charge in [-0.05, 0) is 360 Å². The Balaban J connectivity index is 0.702. The number of hydrogen-bond acceptors (Lipinski definition) is 2. The first-order chi connectivity index (χ1) is 52.7. The van der Waals surface area contributed by atoms with Crippen molar-refractivity contribution >= 4 is 6.71 Å². The van der Waals surface area contributed by atoms with Crippen LogP contribution in [0.5, 0.6) is 0 Å².